The third-order valence-electron chi connectivity index (χ3n) is 2.89. The van der Waals surface area contributed by atoms with Gasteiger partial charge >= 0.3 is 0 Å². The van der Waals surface area contributed by atoms with Gasteiger partial charge in [-0.25, -0.2) is 0 Å². The Kier molecular flexibility index (Phi) is 2.59. The lowest BCUT2D eigenvalue weighted by molar-refractivity contribution is -0.0470. The van der Waals surface area contributed by atoms with Gasteiger partial charge in [-0.2, -0.15) is 0 Å². The van der Waals surface area contributed by atoms with E-state index < -0.39 is 5.60 Å². The molecule has 0 saturated carbocycles. The number of aromatic hydroxyl groups is 1. The highest BCUT2D eigenvalue weighted by Crippen LogP contribution is 2.38. The second kappa shape index (κ2) is 3.28. The first-order valence-electron chi connectivity index (χ1n) is 4.77. The van der Waals surface area contributed by atoms with Gasteiger partial charge in [-0.1, -0.05) is 32.9 Å². The Labute approximate surface area is 85.2 Å². The van der Waals surface area contributed by atoms with Crippen LogP contribution in [0.25, 0.3) is 0 Å². The minimum Gasteiger partial charge on any atom is -0.508 e. The van der Waals surface area contributed by atoms with Gasteiger partial charge in [0.15, 0.2) is 0 Å². The Morgan fingerprint density at radius 3 is 1.71 bits per heavy atom. The lowest BCUT2D eigenvalue weighted by Crippen LogP contribution is -2.36. The van der Waals surface area contributed by atoms with Gasteiger partial charge < -0.3 is 10.2 Å². The molecule has 2 heteroatoms. The van der Waals surface area contributed by atoms with Crippen molar-refractivity contribution in [1.82, 2.24) is 0 Å². The smallest absolute Gasteiger partial charge is 0.115 e. The van der Waals surface area contributed by atoms with Crippen LogP contribution in [0.4, 0.5) is 0 Å². The van der Waals surface area contributed by atoms with Gasteiger partial charge in [0.2, 0.25) is 0 Å². The zero-order valence-electron chi connectivity index (χ0n) is 9.20. The molecule has 0 aliphatic heterocycles. The highest BCUT2D eigenvalue weighted by molar-refractivity contribution is 5.30. The molecule has 14 heavy (non-hydrogen) atoms. The summed E-state index contributed by atoms with van der Waals surface area (Å²) in [7, 11) is 0. The average molecular weight is 194 g/mol. The molecular formula is C12H18O2. The van der Waals surface area contributed by atoms with Gasteiger partial charge in [-0.3, -0.25) is 0 Å². The van der Waals surface area contributed by atoms with E-state index in [-0.39, 0.29) is 11.2 Å². The van der Waals surface area contributed by atoms with Gasteiger partial charge in [-0.15, -0.1) is 0 Å². The van der Waals surface area contributed by atoms with Crippen molar-refractivity contribution in [3.63, 3.8) is 0 Å². The van der Waals surface area contributed by atoms with Crippen LogP contribution in [0.2, 0.25) is 0 Å². The normalized spacial score (nSPS) is 16.4. The van der Waals surface area contributed by atoms with Crippen LogP contribution in [0.3, 0.4) is 0 Å². The lowest BCUT2D eigenvalue weighted by Gasteiger charge is -2.37. The molecule has 2 nitrogen and oxygen atoms in total. The van der Waals surface area contributed by atoms with Crippen LogP contribution < -0.4 is 0 Å². The number of phenols is 1. The Morgan fingerprint density at radius 2 is 1.36 bits per heavy atom. The number of benzene rings is 1. The second-order valence-corrected chi connectivity index (χ2v) is 4.87. The maximum Gasteiger partial charge on any atom is 0.115 e. The Bertz CT molecular complexity index is 304. The molecule has 1 atom stereocenters. The molecule has 0 aliphatic carbocycles. The summed E-state index contributed by atoms with van der Waals surface area (Å²) in [5.41, 5.74) is -0.298. The van der Waals surface area contributed by atoms with Crippen molar-refractivity contribution in [1.29, 1.82) is 0 Å². The van der Waals surface area contributed by atoms with Crippen LogP contribution in [0.1, 0.15) is 33.3 Å². The molecule has 2 N–H and O–H groups in total. The van der Waals surface area contributed by atoms with E-state index in [4.69, 9.17) is 5.11 Å². The molecule has 0 radical (unpaired) electrons. The van der Waals surface area contributed by atoms with Gasteiger partial charge in [0.25, 0.3) is 0 Å². The van der Waals surface area contributed by atoms with Gasteiger partial charge in [0.05, 0.1) is 5.60 Å². The first kappa shape index (κ1) is 11.1. The van der Waals surface area contributed by atoms with Crippen molar-refractivity contribution in [2.24, 2.45) is 5.41 Å². The molecule has 1 aromatic carbocycles. The fraction of sp³-hybridized carbons (Fsp3) is 0.500. The molecule has 0 heterocycles. The van der Waals surface area contributed by atoms with Gasteiger partial charge in [-0.05, 0) is 30.0 Å². The van der Waals surface area contributed by atoms with Crippen molar-refractivity contribution < 1.29 is 10.2 Å². The van der Waals surface area contributed by atoms with E-state index in [9.17, 15) is 5.11 Å². The van der Waals surface area contributed by atoms with E-state index in [1.165, 1.54) is 0 Å². The number of aliphatic hydroxyl groups is 1. The summed E-state index contributed by atoms with van der Waals surface area (Å²) < 4.78 is 0. The highest BCUT2D eigenvalue weighted by atomic mass is 16.3. The maximum absolute atomic E-state index is 10.3. The minimum atomic E-state index is -0.888. The quantitative estimate of drug-likeness (QED) is 0.721. The fourth-order valence-electron chi connectivity index (χ4n) is 1.22. The van der Waals surface area contributed by atoms with E-state index in [0.29, 0.717) is 0 Å². The maximum atomic E-state index is 10.3. The molecule has 0 saturated heterocycles. The van der Waals surface area contributed by atoms with Crippen molar-refractivity contribution in [2.75, 3.05) is 0 Å². The zero-order chi connectivity index (χ0) is 11.0. The summed E-state index contributed by atoms with van der Waals surface area (Å²) in [5, 5.41) is 19.5. The molecule has 1 unspecified atom stereocenters. The standard InChI is InChI=1S/C12H18O2/c1-11(2,3)12(4,14)9-5-7-10(13)8-6-9/h5-8,13-14H,1-4H3. The Morgan fingerprint density at radius 1 is 0.929 bits per heavy atom. The van der Waals surface area contributed by atoms with Crippen molar-refractivity contribution in [3.8, 4) is 5.75 Å². The molecule has 0 fully saturated rings. The number of hydrogen-bond donors (Lipinski definition) is 2. The zero-order valence-corrected chi connectivity index (χ0v) is 9.20. The predicted octanol–water partition coefficient (Wildman–Crippen LogP) is 2.65. The molecular weight excluding hydrogens is 176 g/mol. The third-order valence-corrected chi connectivity index (χ3v) is 2.89. The molecule has 0 spiro atoms. The monoisotopic (exact) mass is 194 g/mol. The summed E-state index contributed by atoms with van der Waals surface area (Å²) in [6.07, 6.45) is 0. The molecule has 1 rings (SSSR count). The van der Waals surface area contributed by atoms with Crippen LogP contribution >= 0.6 is 0 Å². The SMILES string of the molecule is CC(C)(C)C(C)(O)c1ccc(O)cc1. The minimum absolute atomic E-state index is 0.221. The van der Waals surface area contributed by atoms with Crippen molar-refractivity contribution >= 4 is 0 Å². The summed E-state index contributed by atoms with van der Waals surface area (Å²) in [5.74, 6) is 0.221. The van der Waals surface area contributed by atoms with E-state index >= 15 is 0 Å². The highest BCUT2D eigenvalue weighted by Gasteiger charge is 2.36. The van der Waals surface area contributed by atoms with E-state index in [1.54, 1.807) is 31.2 Å². The topological polar surface area (TPSA) is 40.5 Å². The van der Waals surface area contributed by atoms with Crippen LogP contribution in [-0.2, 0) is 5.60 Å². The average Bonchev–Trinajstić information content (AvgIpc) is 2.03. The first-order valence-corrected chi connectivity index (χ1v) is 4.77. The largest absolute Gasteiger partial charge is 0.508 e. The second-order valence-electron chi connectivity index (χ2n) is 4.87. The van der Waals surface area contributed by atoms with E-state index in [0.717, 1.165) is 5.56 Å². The van der Waals surface area contributed by atoms with Gasteiger partial charge in [0, 0.05) is 0 Å². The van der Waals surface area contributed by atoms with Crippen molar-refractivity contribution in [2.45, 2.75) is 33.3 Å². The molecule has 0 aliphatic rings. The molecule has 78 valence electrons. The first-order chi connectivity index (χ1) is 6.25. The van der Waals surface area contributed by atoms with Crippen LogP contribution in [-0.4, -0.2) is 10.2 Å². The Balaban J connectivity index is 3.10. The molecule has 1 aromatic rings. The van der Waals surface area contributed by atoms with Crippen molar-refractivity contribution in [3.05, 3.63) is 29.8 Å². The number of phenolic OH excluding ortho intramolecular Hbond substituents is 1. The fourth-order valence-corrected chi connectivity index (χ4v) is 1.22. The van der Waals surface area contributed by atoms with Crippen LogP contribution in [0.15, 0.2) is 24.3 Å². The molecule has 0 aromatic heterocycles. The summed E-state index contributed by atoms with van der Waals surface area (Å²) in [6.45, 7) is 7.75. The summed E-state index contributed by atoms with van der Waals surface area (Å²) in [4.78, 5) is 0. The predicted molar refractivity (Wildman–Crippen MR) is 57.1 cm³/mol. The van der Waals surface area contributed by atoms with Gasteiger partial charge in [0.1, 0.15) is 5.75 Å². The summed E-state index contributed by atoms with van der Waals surface area (Å²) >= 11 is 0. The summed E-state index contributed by atoms with van der Waals surface area (Å²) in [6, 6.07) is 6.69. The number of rotatable bonds is 1. The third kappa shape index (κ3) is 1.90. The van der Waals surface area contributed by atoms with Crippen LogP contribution in [0, 0.1) is 5.41 Å². The molecule has 0 bridgehead atoms. The molecule has 0 amide bonds. The number of hydrogen-bond acceptors (Lipinski definition) is 2. The van der Waals surface area contributed by atoms with Crippen LogP contribution in [0.5, 0.6) is 5.75 Å². The van der Waals surface area contributed by atoms with E-state index in [2.05, 4.69) is 0 Å². The Hall–Kier alpha value is -1.02. The van der Waals surface area contributed by atoms with E-state index in [1.807, 2.05) is 20.8 Å². The lowest BCUT2D eigenvalue weighted by atomic mass is 9.73.